The first-order chi connectivity index (χ1) is 18.8. The Morgan fingerprint density at radius 2 is 1.59 bits per heavy atom. The summed E-state index contributed by atoms with van der Waals surface area (Å²) in [5, 5.41) is 10.1. The molecule has 0 amide bonds. The number of phenolic OH excluding ortho intramolecular Hbond substituents is 1. The molecule has 208 valence electrons. The predicted molar refractivity (Wildman–Crippen MR) is 143 cm³/mol. The first-order valence-electron chi connectivity index (χ1n) is 13.3. The standard InChI is InChI=1S/C31H34F3NO4/c1-37-30(38-2)21-14-16-35(17-15-21)24-9-6-20(7-10-24)29-27(12-8-23-18-25(36)11-13-28(23)29)22-4-3-5-26(19-22)39-31(32,33)34/h3-7,9-11,13,18-19,21,27,29-30,36H,8,12,14-17H2,1-2H3/t27-,29+/m0/s1. The summed E-state index contributed by atoms with van der Waals surface area (Å²) < 4.78 is 53.9. The van der Waals surface area contributed by atoms with Gasteiger partial charge in [-0.15, -0.1) is 13.2 Å². The Hall–Kier alpha value is -3.23. The van der Waals surface area contributed by atoms with Crippen LogP contribution in [0.5, 0.6) is 11.5 Å². The van der Waals surface area contributed by atoms with E-state index in [2.05, 4.69) is 33.9 Å². The average molecular weight is 542 g/mol. The second-order valence-corrected chi connectivity index (χ2v) is 10.4. The van der Waals surface area contributed by atoms with Crippen LogP contribution >= 0.6 is 0 Å². The number of aromatic hydroxyl groups is 1. The number of hydrogen-bond acceptors (Lipinski definition) is 5. The predicted octanol–water partition coefficient (Wildman–Crippen LogP) is 6.99. The van der Waals surface area contributed by atoms with Crippen LogP contribution in [0.1, 0.15) is 53.4 Å². The van der Waals surface area contributed by atoms with Gasteiger partial charge in [0, 0.05) is 44.8 Å². The molecule has 1 N–H and O–H groups in total. The van der Waals surface area contributed by atoms with E-state index in [0.717, 1.165) is 66.7 Å². The fourth-order valence-corrected chi connectivity index (χ4v) is 6.32. The number of fused-ring (bicyclic) bond motifs is 1. The van der Waals surface area contributed by atoms with Gasteiger partial charge in [-0.3, -0.25) is 0 Å². The van der Waals surface area contributed by atoms with Gasteiger partial charge < -0.3 is 24.2 Å². The quantitative estimate of drug-likeness (QED) is 0.327. The molecular formula is C31H34F3NO4. The molecule has 0 radical (unpaired) electrons. The molecule has 2 atom stereocenters. The SMILES string of the molecule is COC(OC)C1CCN(c2ccc([C@H]3c4ccc(O)cc4CC[C@H]3c3cccc(OC(F)(F)F)c3)cc2)CC1. The monoisotopic (exact) mass is 541 g/mol. The molecule has 0 spiro atoms. The Labute approximate surface area is 227 Å². The minimum absolute atomic E-state index is 0.0413. The van der Waals surface area contributed by atoms with Crippen molar-refractivity contribution in [3.8, 4) is 11.5 Å². The van der Waals surface area contributed by atoms with Gasteiger partial charge in [0.2, 0.25) is 0 Å². The zero-order chi connectivity index (χ0) is 27.6. The molecule has 0 saturated carbocycles. The maximum Gasteiger partial charge on any atom is 0.573 e. The summed E-state index contributed by atoms with van der Waals surface area (Å²) >= 11 is 0. The molecule has 39 heavy (non-hydrogen) atoms. The summed E-state index contributed by atoms with van der Waals surface area (Å²) in [6.07, 6.45) is -1.50. The summed E-state index contributed by atoms with van der Waals surface area (Å²) in [6.45, 7) is 1.82. The van der Waals surface area contributed by atoms with E-state index in [0.29, 0.717) is 5.92 Å². The highest BCUT2D eigenvalue weighted by Gasteiger charge is 2.34. The highest BCUT2D eigenvalue weighted by Crippen LogP contribution is 2.48. The van der Waals surface area contributed by atoms with E-state index < -0.39 is 6.36 Å². The minimum atomic E-state index is -4.74. The van der Waals surface area contributed by atoms with Gasteiger partial charge in [-0.2, -0.15) is 0 Å². The lowest BCUT2D eigenvalue weighted by molar-refractivity contribution is -0.274. The third-order valence-corrected chi connectivity index (χ3v) is 8.11. The highest BCUT2D eigenvalue weighted by atomic mass is 19.4. The molecule has 1 aliphatic heterocycles. The highest BCUT2D eigenvalue weighted by molar-refractivity contribution is 5.53. The van der Waals surface area contributed by atoms with Gasteiger partial charge >= 0.3 is 6.36 Å². The van der Waals surface area contributed by atoms with Crippen molar-refractivity contribution in [3.63, 3.8) is 0 Å². The number of piperidine rings is 1. The van der Waals surface area contributed by atoms with Crippen molar-refractivity contribution >= 4 is 5.69 Å². The second kappa shape index (κ2) is 11.5. The molecule has 1 saturated heterocycles. The number of phenols is 1. The number of hydrogen-bond donors (Lipinski definition) is 1. The molecule has 1 aliphatic carbocycles. The fourth-order valence-electron chi connectivity index (χ4n) is 6.32. The fraction of sp³-hybridized carbons (Fsp3) is 0.419. The van der Waals surface area contributed by atoms with Crippen LogP contribution in [0.4, 0.5) is 18.9 Å². The number of aryl methyl sites for hydroxylation is 1. The van der Waals surface area contributed by atoms with E-state index >= 15 is 0 Å². The Bertz CT molecular complexity index is 1250. The number of benzene rings is 3. The lowest BCUT2D eigenvalue weighted by Crippen LogP contribution is -2.39. The zero-order valence-corrected chi connectivity index (χ0v) is 22.2. The van der Waals surface area contributed by atoms with Crippen LogP contribution in [0.2, 0.25) is 0 Å². The molecule has 3 aromatic rings. The van der Waals surface area contributed by atoms with E-state index in [4.69, 9.17) is 9.47 Å². The number of alkyl halides is 3. The molecule has 0 aromatic heterocycles. The van der Waals surface area contributed by atoms with Gasteiger partial charge in [0.05, 0.1) is 0 Å². The van der Waals surface area contributed by atoms with E-state index in [1.54, 1.807) is 32.4 Å². The lowest BCUT2D eigenvalue weighted by Gasteiger charge is -2.37. The molecule has 0 unspecified atom stereocenters. The van der Waals surface area contributed by atoms with Crippen LogP contribution in [-0.4, -0.2) is 45.1 Å². The molecular weight excluding hydrogens is 507 g/mol. The van der Waals surface area contributed by atoms with Gasteiger partial charge in [0.25, 0.3) is 0 Å². The molecule has 5 rings (SSSR count). The second-order valence-electron chi connectivity index (χ2n) is 10.4. The van der Waals surface area contributed by atoms with E-state index in [1.807, 2.05) is 12.1 Å². The van der Waals surface area contributed by atoms with E-state index in [1.165, 1.54) is 12.1 Å². The summed E-state index contributed by atoms with van der Waals surface area (Å²) in [6, 6.07) is 20.3. The minimum Gasteiger partial charge on any atom is -0.508 e. The molecule has 2 aliphatic rings. The van der Waals surface area contributed by atoms with Crippen LogP contribution in [0.15, 0.2) is 66.7 Å². The van der Waals surface area contributed by atoms with Crippen LogP contribution < -0.4 is 9.64 Å². The Morgan fingerprint density at radius 1 is 0.872 bits per heavy atom. The number of halogens is 3. The Morgan fingerprint density at radius 3 is 2.26 bits per heavy atom. The smallest absolute Gasteiger partial charge is 0.508 e. The van der Waals surface area contributed by atoms with Crippen LogP contribution in [-0.2, 0) is 15.9 Å². The third kappa shape index (κ3) is 6.17. The van der Waals surface area contributed by atoms with Gasteiger partial charge in [-0.05, 0) is 90.3 Å². The average Bonchev–Trinajstić information content (AvgIpc) is 2.93. The van der Waals surface area contributed by atoms with Crippen molar-refractivity contribution in [1.29, 1.82) is 0 Å². The normalized spacial score (nSPS) is 20.2. The van der Waals surface area contributed by atoms with Crippen molar-refractivity contribution in [2.24, 2.45) is 5.92 Å². The molecule has 8 heteroatoms. The van der Waals surface area contributed by atoms with Crippen molar-refractivity contribution < 1.29 is 32.5 Å². The lowest BCUT2D eigenvalue weighted by atomic mass is 9.69. The number of nitrogens with zero attached hydrogens (tertiary/aromatic N) is 1. The Balaban J connectivity index is 1.42. The van der Waals surface area contributed by atoms with E-state index in [-0.39, 0.29) is 29.6 Å². The van der Waals surface area contributed by atoms with Crippen molar-refractivity contribution in [2.45, 2.75) is 50.2 Å². The van der Waals surface area contributed by atoms with Gasteiger partial charge in [-0.25, -0.2) is 0 Å². The first-order valence-corrected chi connectivity index (χ1v) is 13.3. The van der Waals surface area contributed by atoms with Gasteiger partial charge in [0.15, 0.2) is 6.29 Å². The number of methoxy groups -OCH3 is 2. The first kappa shape index (κ1) is 27.3. The summed E-state index contributed by atoms with van der Waals surface area (Å²) in [5.74, 6) is 0.260. The maximum atomic E-state index is 12.9. The van der Waals surface area contributed by atoms with Gasteiger partial charge in [-0.1, -0.05) is 30.3 Å². The van der Waals surface area contributed by atoms with Crippen LogP contribution in [0.3, 0.4) is 0 Å². The topological polar surface area (TPSA) is 51.2 Å². The van der Waals surface area contributed by atoms with Crippen molar-refractivity contribution in [1.82, 2.24) is 0 Å². The van der Waals surface area contributed by atoms with Crippen LogP contribution in [0.25, 0.3) is 0 Å². The number of anilines is 1. The summed E-state index contributed by atoms with van der Waals surface area (Å²) in [7, 11) is 3.35. The van der Waals surface area contributed by atoms with Crippen molar-refractivity contribution in [2.75, 3.05) is 32.2 Å². The molecule has 1 heterocycles. The molecule has 5 nitrogen and oxygen atoms in total. The number of rotatable bonds is 7. The summed E-state index contributed by atoms with van der Waals surface area (Å²) in [4.78, 5) is 2.37. The molecule has 3 aromatic carbocycles. The third-order valence-electron chi connectivity index (χ3n) is 8.11. The summed E-state index contributed by atoms with van der Waals surface area (Å²) in [5.41, 5.74) is 5.19. The molecule has 1 fully saturated rings. The zero-order valence-electron chi connectivity index (χ0n) is 22.2. The van der Waals surface area contributed by atoms with Crippen molar-refractivity contribution in [3.05, 3.63) is 89.0 Å². The van der Waals surface area contributed by atoms with E-state index in [9.17, 15) is 18.3 Å². The largest absolute Gasteiger partial charge is 0.573 e. The Kier molecular flexibility index (Phi) is 8.05. The van der Waals surface area contributed by atoms with Gasteiger partial charge in [0.1, 0.15) is 11.5 Å². The molecule has 0 bridgehead atoms. The van der Waals surface area contributed by atoms with Crippen LogP contribution in [0, 0.1) is 5.92 Å². The number of ether oxygens (including phenoxy) is 3. The maximum absolute atomic E-state index is 12.9.